The fourth-order valence-electron chi connectivity index (χ4n) is 2.15. The molecule has 0 bridgehead atoms. The second-order valence-corrected chi connectivity index (χ2v) is 3.61. The molecule has 0 aromatic carbocycles. The molecule has 2 heterocycles. The van der Waals surface area contributed by atoms with Crippen LogP contribution in [0.1, 0.15) is 0 Å². The molecule has 2 N–H and O–H groups in total. The van der Waals surface area contributed by atoms with Crippen LogP contribution in [0.15, 0.2) is 0 Å². The van der Waals surface area contributed by atoms with Crippen molar-refractivity contribution in [2.45, 2.75) is 0 Å². The Morgan fingerprint density at radius 1 is 1.15 bits per heavy atom. The van der Waals surface area contributed by atoms with Gasteiger partial charge < -0.3 is 15.4 Å². The normalized spacial score (nSPS) is 32.1. The van der Waals surface area contributed by atoms with Crippen LogP contribution in [0.3, 0.4) is 0 Å². The Morgan fingerprint density at radius 3 is 2.15 bits per heavy atom. The van der Waals surface area contributed by atoms with E-state index in [1.165, 1.54) is 13.1 Å². The van der Waals surface area contributed by atoms with Gasteiger partial charge in [-0.05, 0) is 0 Å². The molecule has 0 spiro atoms. The molecule has 13 heavy (non-hydrogen) atoms. The van der Waals surface area contributed by atoms with E-state index in [-0.39, 0.29) is 24.8 Å². The van der Waals surface area contributed by atoms with Crippen LogP contribution < -0.4 is 5.73 Å². The first-order chi connectivity index (χ1) is 5.40. The molecule has 2 rings (SSSR count). The molecule has 2 aliphatic heterocycles. The van der Waals surface area contributed by atoms with E-state index < -0.39 is 0 Å². The van der Waals surface area contributed by atoms with Gasteiger partial charge in [-0.2, -0.15) is 0 Å². The average Bonchev–Trinajstić information content (AvgIpc) is 2.46. The molecule has 2 atom stereocenters. The molecule has 2 saturated heterocycles. The molecule has 2 aliphatic rings. The zero-order valence-corrected chi connectivity index (χ0v) is 9.28. The van der Waals surface area contributed by atoms with Crippen molar-refractivity contribution >= 4 is 24.8 Å². The van der Waals surface area contributed by atoms with Crippen LogP contribution in [0.2, 0.25) is 0 Å². The minimum atomic E-state index is 0. The Morgan fingerprint density at radius 2 is 1.69 bits per heavy atom. The number of likely N-dealkylation sites (tertiary alicyclic amines) is 1. The van der Waals surface area contributed by atoms with Crippen molar-refractivity contribution in [3.8, 4) is 0 Å². The van der Waals surface area contributed by atoms with Gasteiger partial charge in [-0.1, -0.05) is 0 Å². The maximum absolute atomic E-state index is 5.49. The van der Waals surface area contributed by atoms with Gasteiger partial charge in [0.05, 0.1) is 13.2 Å². The lowest BCUT2D eigenvalue weighted by Gasteiger charge is -2.14. The second-order valence-electron chi connectivity index (χ2n) is 3.61. The van der Waals surface area contributed by atoms with E-state index in [2.05, 4.69) is 4.90 Å². The quantitative estimate of drug-likeness (QED) is 0.743. The van der Waals surface area contributed by atoms with E-state index in [1.807, 2.05) is 0 Å². The third-order valence-corrected chi connectivity index (χ3v) is 2.76. The fraction of sp³-hybridized carbons (Fsp3) is 1.00. The van der Waals surface area contributed by atoms with Gasteiger partial charge in [0.1, 0.15) is 0 Å². The molecule has 5 heteroatoms. The molecule has 2 fully saturated rings. The van der Waals surface area contributed by atoms with Gasteiger partial charge in [-0.3, -0.25) is 0 Å². The number of hydrogen-bond acceptors (Lipinski definition) is 3. The Hall–Kier alpha value is 0.460. The van der Waals surface area contributed by atoms with Crippen LogP contribution in [0.5, 0.6) is 0 Å². The van der Waals surface area contributed by atoms with Crippen LogP contribution in [0, 0.1) is 11.8 Å². The lowest BCUT2D eigenvalue weighted by molar-refractivity contribution is 0.155. The van der Waals surface area contributed by atoms with Crippen molar-refractivity contribution in [1.82, 2.24) is 4.90 Å². The lowest BCUT2D eigenvalue weighted by Crippen LogP contribution is -2.28. The summed E-state index contributed by atoms with van der Waals surface area (Å²) in [5, 5.41) is 0. The molecular weight excluding hydrogens is 211 g/mol. The van der Waals surface area contributed by atoms with Gasteiger partial charge in [0.25, 0.3) is 0 Å². The minimum Gasteiger partial charge on any atom is -0.381 e. The Balaban J connectivity index is 0.000000720. The standard InChI is InChI=1S/C8H16N2O.2ClH/c9-1-2-10-3-7-5-11-6-8(7)4-10;;/h7-8H,1-6,9H2;2*1H. The molecule has 0 saturated carbocycles. The number of nitrogens with zero attached hydrogens (tertiary/aromatic N) is 1. The minimum absolute atomic E-state index is 0. The zero-order valence-electron chi connectivity index (χ0n) is 7.65. The maximum Gasteiger partial charge on any atom is 0.0510 e. The molecule has 0 radical (unpaired) electrons. The molecule has 0 aromatic rings. The van der Waals surface area contributed by atoms with Crippen molar-refractivity contribution < 1.29 is 4.74 Å². The molecule has 0 aromatic heterocycles. The number of ether oxygens (including phenoxy) is 1. The van der Waals surface area contributed by atoms with Gasteiger partial charge in [-0.25, -0.2) is 0 Å². The number of nitrogens with two attached hydrogens (primary N) is 1. The number of hydrogen-bond donors (Lipinski definition) is 1. The van der Waals surface area contributed by atoms with E-state index in [0.717, 1.165) is 38.1 Å². The predicted molar refractivity (Wildman–Crippen MR) is 57.8 cm³/mol. The number of halogens is 2. The largest absolute Gasteiger partial charge is 0.381 e. The van der Waals surface area contributed by atoms with Crippen LogP contribution in [-0.2, 0) is 4.74 Å². The zero-order chi connectivity index (χ0) is 7.68. The molecule has 0 aliphatic carbocycles. The third kappa shape index (κ3) is 2.96. The average molecular weight is 229 g/mol. The smallest absolute Gasteiger partial charge is 0.0510 e. The molecule has 2 unspecified atom stereocenters. The van der Waals surface area contributed by atoms with E-state index in [0.29, 0.717) is 0 Å². The van der Waals surface area contributed by atoms with E-state index >= 15 is 0 Å². The Bertz CT molecular complexity index is 136. The van der Waals surface area contributed by atoms with Gasteiger partial charge in [0.15, 0.2) is 0 Å². The summed E-state index contributed by atoms with van der Waals surface area (Å²) in [4.78, 5) is 2.46. The summed E-state index contributed by atoms with van der Waals surface area (Å²) in [5.74, 6) is 1.61. The highest BCUT2D eigenvalue weighted by Crippen LogP contribution is 2.28. The van der Waals surface area contributed by atoms with Crippen molar-refractivity contribution in [3.63, 3.8) is 0 Å². The third-order valence-electron chi connectivity index (χ3n) is 2.76. The topological polar surface area (TPSA) is 38.5 Å². The van der Waals surface area contributed by atoms with Gasteiger partial charge in [0, 0.05) is 38.0 Å². The highest BCUT2D eigenvalue weighted by molar-refractivity contribution is 5.85. The van der Waals surface area contributed by atoms with E-state index in [1.54, 1.807) is 0 Å². The van der Waals surface area contributed by atoms with Crippen molar-refractivity contribution in [3.05, 3.63) is 0 Å². The SMILES string of the molecule is Cl.Cl.NCCN1CC2COCC2C1. The van der Waals surface area contributed by atoms with Gasteiger partial charge in [0.2, 0.25) is 0 Å². The van der Waals surface area contributed by atoms with Crippen molar-refractivity contribution in [2.24, 2.45) is 17.6 Å². The van der Waals surface area contributed by atoms with Crippen LogP contribution in [-0.4, -0.2) is 44.3 Å². The Labute approximate surface area is 91.8 Å². The lowest BCUT2D eigenvalue weighted by atomic mass is 10.0. The van der Waals surface area contributed by atoms with Crippen molar-refractivity contribution in [2.75, 3.05) is 39.4 Å². The van der Waals surface area contributed by atoms with Crippen molar-refractivity contribution in [1.29, 1.82) is 0 Å². The van der Waals surface area contributed by atoms with Crippen LogP contribution in [0.4, 0.5) is 0 Å². The summed E-state index contributed by atoms with van der Waals surface area (Å²) >= 11 is 0. The molecule has 0 amide bonds. The number of fused-ring (bicyclic) bond motifs is 1. The maximum atomic E-state index is 5.49. The molecule has 80 valence electrons. The summed E-state index contributed by atoms with van der Waals surface area (Å²) < 4.78 is 5.38. The first-order valence-corrected chi connectivity index (χ1v) is 4.40. The fourth-order valence-corrected chi connectivity index (χ4v) is 2.15. The van der Waals surface area contributed by atoms with Gasteiger partial charge in [-0.15, -0.1) is 24.8 Å². The monoisotopic (exact) mass is 228 g/mol. The van der Waals surface area contributed by atoms with Crippen LogP contribution >= 0.6 is 24.8 Å². The highest BCUT2D eigenvalue weighted by Gasteiger charge is 2.36. The Kier molecular flexibility index (Phi) is 6.25. The summed E-state index contributed by atoms with van der Waals surface area (Å²) in [7, 11) is 0. The first-order valence-electron chi connectivity index (χ1n) is 4.40. The van der Waals surface area contributed by atoms with E-state index in [9.17, 15) is 0 Å². The summed E-state index contributed by atoms with van der Waals surface area (Å²) in [5.41, 5.74) is 5.49. The van der Waals surface area contributed by atoms with E-state index in [4.69, 9.17) is 10.5 Å². The summed E-state index contributed by atoms with van der Waals surface area (Å²) in [6.45, 7) is 6.23. The number of rotatable bonds is 2. The summed E-state index contributed by atoms with van der Waals surface area (Å²) in [6, 6.07) is 0. The second kappa shape index (κ2) is 6.04. The predicted octanol–water partition coefficient (Wildman–Crippen LogP) is 0.367. The molecular formula is C8H18Cl2N2O. The first kappa shape index (κ1) is 13.5. The summed E-state index contributed by atoms with van der Waals surface area (Å²) in [6.07, 6.45) is 0. The van der Waals surface area contributed by atoms with Gasteiger partial charge >= 0.3 is 0 Å². The molecule has 3 nitrogen and oxygen atoms in total. The van der Waals surface area contributed by atoms with Crippen LogP contribution in [0.25, 0.3) is 0 Å². The highest BCUT2D eigenvalue weighted by atomic mass is 35.5.